The summed E-state index contributed by atoms with van der Waals surface area (Å²) < 4.78 is 32.6. The van der Waals surface area contributed by atoms with Crippen LogP contribution in [0, 0.1) is 5.92 Å². The zero-order valence-electron chi connectivity index (χ0n) is 12.9. The van der Waals surface area contributed by atoms with Crippen LogP contribution in [0.2, 0.25) is 0 Å². The van der Waals surface area contributed by atoms with E-state index >= 15 is 0 Å². The van der Waals surface area contributed by atoms with Crippen LogP contribution >= 0.6 is 12.4 Å². The van der Waals surface area contributed by atoms with Gasteiger partial charge >= 0.3 is 0 Å². The molecule has 23 heavy (non-hydrogen) atoms. The highest BCUT2D eigenvalue weighted by Gasteiger charge is 2.19. The highest BCUT2D eigenvalue weighted by molar-refractivity contribution is 7.89. The van der Waals surface area contributed by atoms with Gasteiger partial charge in [0.1, 0.15) is 0 Å². The molecule has 1 aromatic carbocycles. The summed E-state index contributed by atoms with van der Waals surface area (Å²) in [5.41, 5.74) is 0.310. The maximum absolute atomic E-state index is 12.3. The lowest BCUT2D eigenvalue weighted by molar-refractivity contribution is 0.0963. The van der Waals surface area contributed by atoms with E-state index in [2.05, 4.69) is 15.4 Å². The van der Waals surface area contributed by atoms with E-state index in [9.17, 15) is 13.2 Å². The van der Waals surface area contributed by atoms with Crippen LogP contribution in [0.15, 0.2) is 29.2 Å². The lowest BCUT2D eigenvalue weighted by atomic mass is 10.2. The lowest BCUT2D eigenvalue weighted by Crippen LogP contribution is -2.35. The summed E-state index contributed by atoms with van der Waals surface area (Å²) in [5, 5.41) is 5.66. The van der Waals surface area contributed by atoms with Gasteiger partial charge in [0.15, 0.2) is 0 Å². The van der Waals surface area contributed by atoms with Gasteiger partial charge in [0.2, 0.25) is 10.0 Å². The zero-order chi connectivity index (χ0) is 16.0. The molecule has 0 radical (unpaired) electrons. The normalized spacial score (nSPS) is 18.6. The fraction of sp³-hybridized carbons (Fsp3) is 0.500. The van der Waals surface area contributed by atoms with E-state index in [1.165, 1.54) is 19.2 Å². The molecule has 1 saturated heterocycles. The third-order valence-electron chi connectivity index (χ3n) is 3.41. The number of carbonyl (C=O) groups is 1. The monoisotopic (exact) mass is 363 g/mol. The minimum absolute atomic E-state index is 0. The predicted octanol–water partition coefficient (Wildman–Crippen LogP) is -0.0177. The topological polar surface area (TPSA) is 96.5 Å². The van der Waals surface area contributed by atoms with Gasteiger partial charge < -0.3 is 15.4 Å². The molecule has 0 aromatic heterocycles. The number of rotatable bonds is 5. The Morgan fingerprint density at radius 1 is 1.43 bits per heavy atom. The molecule has 1 aromatic rings. The lowest BCUT2D eigenvalue weighted by Gasteiger charge is -2.15. The van der Waals surface area contributed by atoms with E-state index in [1.807, 2.05) is 0 Å². The highest BCUT2D eigenvalue weighted by atomic mass is 35.5. The fourth-order valence-corrected chi connectivity index (χ4v) is 3.31. The maximum Gasteiger partial charge on any atom is 0.251 e. The first-order valence-electron chi connectivity index (χ1n) is 7.13. The van der Waals surface area contributed by atoms with Gasteiger partial charge in [-0.25, -0.2) is 13.1 Å². The Labute approximate surface area is 142 Å². The van der Waals surface area contributed by atoms with Crippen molar-refractivity contribution < 1.29 is 17.9 Å². The second kappa shape index (κ2) is 9.19. The summed E-state index contributed by atoms with van der Waals surface area (Å²) in [6, 6.07) is 5.95. The second-order valence-electron chi connectivity index (χ2n) is 5.10. The fourth-order valence-electron chi connectivity index (χ4n) is 2.15. The molecule has 0 aliphatic carbocycles. The Morgan fingerprint density at radius 3 is 2.96 bits per heavy atom. The summed E-state index contributed by atoms with van der Waals surface area (Å²) >= 11 is 0. The van der Waals surface area contributed by atoms with Gasteiger partial charge in [0.05, 0.1) is 18.1 Å². The van der Waals surface area contributed by atoms with Crippen LogP contribution in [0.25, 0.3) is 0 Å². The van der Waals surface area contributed by atoms with E-state index in [1.54, 1.807) is 12.1 Å². The first-order chi connectivity index (χ1) is 10.5. The minimum atomic E-state index is -3.65. The Balaban J connectivity index is 0.00000264. The average molecular weight is 364 g/mol. The number of carbonyl (C=O) groups excluding carboxylic acids is 1. The number of ether oxygens (including phenoxy) is 1. The van der Waals surface area contributed by atoms with Crippen LogP contribution in [-0.4, -0.2) is 54.2 Å². The average Bonchev–Trinajstić information content (AvgIpc) is 2.81. The molecule has 1 aliphatic heterocycles. The molecule has 0 spiro atoms. The molecular weight excluding hydrogens is 342 g/mol. The van der Waals surface area contributed by atoms with Gasteiger partial charge in [-0.3, -0.25) is 4.79 Å². The molecule has 1 fully saturated rings. The Kier molecular flexibility index (Phi) is 7.93. The smallest absolute Gasteiger partial charge is 0.251 e. The second-order valence-corrected chi connectivity index (χ2v) is 6.87. The zero-order valence-corrected chi connectivity index (χ0v) is 14.5. The molecule has 130 valence electrons. The number of benzene rings is 1. The van der Waals surface area contributed by atoms with E-state index in [0.717, 1.165) is 6.54 Å². The van der Waals surface area contributed by atoms with Crippen LogP contribution in [0.3, 0.4) is 0 Å². The Morgan fingerprint density at radius 2 is 2.22 bits per heavy atom. The van der Waals surface area contributed by atoms with Gasteiger partial charge in [-0.15, -0.1) is 12.4 Å². The molecule has 7 nitrogen and oxygen atoms in total. The third-order valence-corrected chi connectivity index (χ3v) is 4.83. The molecule has 1 heterocycles. The van der Waals surface area contributed by atoms with Crippen molar-refractivity contribution in [3.05, 3.63) is 29.8 Å². The van der Waals surface area contributed by atoms with Crippen LogP contribution in [-0.2, 0) is 14.8 Å². The number of amides is 1. The van der Waals surface area contributed by atoms with Gasteiger partial charge in [-0.2, -0.15) is 0 Å². The Bertz CT molecular complexity index is 616. The quantitative estimate of drug-likeness (QED) is 0.683. The molecule has 3 N–H and O–H groups in total. The SMILES string of the molecule is CNC(=O)c1cccc(S(=O)(=O)NCC2CNCCOC2)c1.Cl. The maximum atomic E-state index is 12.3. The molecule has 1 unspecified atom stereocenters. The van der Waals surface area contributed by atoms with E-state index < -0.39 is 10.0 Å². The van der Waals surface area contributed by atoms with Gasteiger partial charge in [0.25, 0.3) is 5.91 Å². The van der Waals surface area contributed by atoms with E-state index in [4.69, 9.17) is 4.74 Å². The molecule has 1 atom stereocenters. The van der Waals surface area contributed by atoms with Crippen molar-refractivity contribution in [3.63, 3.8) is 0 Å². The summed E-state index contributed by atoms with van der Waals surface area (Å²) in [6.07, 6.45) is 0. The minimum Gasteiger partial charge on any atom is -0.380 e. The van der Waals surface area contributed by atoms with Crippen LogP contribution in [0.4, 0.5) is 0 Å². The molecule has 2 rings (SSSR count). The molecule has 0 bridgehead atoms. The third kappa shape index (κ3) is 5.74. The standard InChI is InChI=1S/C14H21N3O4S.ClH/c1-15-14(18)12-3-2-4-13(7-12)22(19,20)17-9-11-8-16-5-6-21-10-11;/h2-4,7,11,16-17H,5-6,8-10H2,1H3,(H,15,18);1H. The van der Waals surface area contributed by atoms with E-state index in [0.29, 0.717) is 31.9 Å². The first-order valence-corrected chi connectivity index (χ1v) is 8.61. The molecule has 1 amide bonds. The number of nitrogens with one attached hydrogen (secondary N) is 3. The van der Waals surface area contributed by atoms with E-state index in [-0.39, 0.29) is 29.1 Å². The van der Waals surface area contributed by atoms with Crippen LogP contribution < -0.4 is 15.4 Å². The van der Waals surface area contributed by atoms with Crippen molar-refractivity contribution in [3.8, 4) is 0 Å². The van der Waals surface area contributed by atoms with Crippen LogP contribution in [0.5, 0.6) is 0 Å². The molecule has 9 heteroatoms. The van der Waals surface area contributed by atoms with Gasteiger partial charge in [-0.05, 0) is 18.2 Å². The van der Waals surface area contributed by atoms with Gasteiger partial charge in [0, 0.05) is 38.2 Å². The van der Waals surface area contributed by atoms with Crippen molar-refractivity contribution in [2.24, 2.45) is 5.92 Å². The Hall–Kier alpha value is -1.19. The van der Waals surface area contributed by atoms with Gasteiger partial charge in [-0.1, -0.05) is 6.07 Å². The molecule has 0 saturated carbocycles. The number of halogens is 1. The van der Waals surface area contributed by atoms with Crippen molar-refractivity contribution in [2.45, 2.75) is 4.90 Å². The van der Waals surface area contributed by atoms with Crippen molar-refractivity contribution in [2.75, 3.05) is 39.9 Å². The molecule has 1 aliphatic rings. The first kappa shape index (κ1) is 19.9. The molecular formula is C14H22ClN3O4S. The van der Waals surface area contributed by atoms with Crippen molar-refractivity contribution in [1.29, 1.82) is 0 Å². The summed E-state index contributed by atoms with van der Waals surface area (Å²) in [6.45, 7) is 2.93. The summed E-state index contributed by atoms with van der Waals surface area (Å²) in [7, 11) is -2.15. The van der Waals surface area contributed by atoms with Crippen LogP contribution in [0.1, 0.15) is 10.4 Å². The summed E-state index contributed by atoms with van der Waals surface area (Å²) in [4.78, 5) is 11.7. The number of sulfonamides is 1. The number of hydrogen-bond donors (Lipinski definition) is 3. The number of hydrogen-bond acceptors (Lipinski definition) is 5. The summed E-state index contributed by atoms with van der Waals surface area (Å²) in [5.74, 6) is -0.238. The van der Waals surface area contributed by atoms with Crippen molar-refractivity contribution >= 4 is 28.3 Å². The predicted molar refractivity (Wildman–Crippen MR) is 89.4 cm³/mol. The highest BCUT2D eigenvalue weighted by Crippen LogP contribution is 2.12. The largest absolute Gasteiger partial charge is 0.380 e. The van der Waals surface area contributed by atoms with Crippen molar-refractivity contribution in [1.82, 2.24) is 15.4 Å².